The Morgan fingerprint density at radius 2 is 2.00 bits per heavy atom. The van der Waals surface area contributed by atoms with Gasteiger partial charge in [-0.15, -0.1) is 0 Å². The summed E-state index contributed by atoms with van der Waals surface area (Å²) in [5.41, 5.74) is 2.49. The molecule has 0 aliphatic heterocycles. The third-order valence-corrected chi connectivity index (χ3v) is 2.21. The Hall–Kier alpha value is -1.64. The molecule has 1 aromatic carbocycles. The molecule has 0 aliphatic carbocycles. The van der Waals surface area contributed by atoms with E-state index in [1.807, 2.05) is 37.4 Å². The van der Waals surface area contributed by atoms with Crippen LogP contribution in [0, 0.1) is 0 Å². The average molecular weight is 190 g/mol. The standard InChI is InChI=1S/C11H11FN2/c1-14-11(10(7-12)8-13-14)9-5-3-2-4-6-9/h2-6,8H,7H2,1H3. The summed E-state index contributed by atoms with van der Waals surface area (Å²) in [7, 11) is 1.82. The Labute approximate surface area is 82.0 Å². The first-order chi connectivity index (χ1) is 6.83. The lowest BCUT2D eigenvalue weighted by Gasteiger charge is -2.03. The highest BCUT2D eigenvalue weighted by Gasteiger charge is 2.09. The highest BCUT2D eigenvalue weighted by atomic mass is 19.1. The molecule has 2 rings (SSSR count). The van der Waals surface area contributed by atoms with Crippen molar-refractivity contribution in [3.8, 4) is 11.3 Å². The Morgan fingerprint density at radius 3 is 2.64 bits per heavy atom. The smallest absolute Gasteiger partial charge is 0.118 e. The van der Waals surface area contributed by atoms with E-state index in [0.717, 1.165) is 11.3 Å². The quantitative estimate of drug-likeness (QED) is 0.711. The predicted octanol–water partition coefficient (Wildman–Crippen LogP) is 2.56. The molecule has 1 heterocycles. The third-order valence-electron chi connectivity index (χ3n) is 2.21. The molecule has 0 amide bonds. The normalized spacial score (nSPS) is 10.4. The minimum Gasteiger partial charge on any atom is -0.268 e. The van der Waals surface area contributed by atoms with Gasteiger partial charge in [0.05, 0.1) is 11.9 Å². The van der Waals surface area contributed by atoms with Crippen LogP contribution in [0.4, 0.5) is 4.39 Å². The molecule has 0 saturated heterocycles. The second-order valence-corrected chi connectivity index (χ2v) is 3.14. The zero-order valence-corrected chi connectivity index (χ0v) is 7.94. The van der Waals surface area contributed by atoms with Gasteiger partial charge in [-0.3, -0.25) is 4.68 Å². The Kier molecular flexibility index (Phi) is 2.31. The van der Waals surface area contributed by atoms with E-state index in [-0.39, 0.29) is 0 Å². The van der Waals surface area contributed by atoms with Gasteiger partial charge in [0.2, 0.25) is 0 Å². The molecular formula is C11H11FN2. The number of hydrogen-bond acceptors (Lipinski definition) is 1. The first kappa shape index (κ1) is 8.94. The van der Waals surface area contributed by atoms with Gasteiger partial charge in [-0.1, -0.05) is 30.3 Å². The van der Waals surface area contributed by atoms with E-state index in [1.54, 1.807) is 10.9 Å². The molecule has 0 N–H and O–H groups in total. The van der Waals surface area contributed by atoms with Crippen molar-refractivity contribution in [3.05, 3.63) is 42.1 Å². The molecule has 0 saturated carbocycles. The zero-order chi connectivity index (χ0) is 9.97. The second kappa shape index (κ2) is 3.62. The second-order valence-electron chi connectivity index (χ2n) is 3.14. The van der Waals surface area contributed by atoms with Gasteiger partial charge in [-0.2, -0.15) is 5.10 Å². The van der Waals surface area contributed by atoms with Crippen molar-refractivity contribution in [2.24, 2.45) is 7.05 Å². The molecule has 3 heteroatoms. The first-order valence-electron chi connectivity index (χ1n) is 4.45. The Balaban J connectivity index is 2.55. The summed E-state index contributed by atoms with van der Waals surface area (Å²) in [5, 5.41) is 4.04. The largest absolute Gasteiger partial charge is 0.268 e. The van der Waals surface area contributed by atoms with Crippen LogP contribution in [-0.4, -0.2) is 9.78 Å². The lowest BCUT2D eigenvalue weighted by atomic mass is 10.1. The maximum absolute atomic E-state index is 12.6. The van der Waals surface area contributed by atoms with E-state index in [1.165, 1.54) is 0 Å². The molecule has 1 aromatic heterocycles. The molecule has 2 nitrogen and oxygen atoms in total. The summed E-state index contributed by atoms with van der Waals surface area (Å²) in [6.07, 6.45) is 1.57. The fourth-order valence-electron chi connectivity index (χ4n) is 1.55. The summed E-state index contributed by atoms with van der Waals surface area (Å²) in [5.74, 6) is 0. The van der Waals surface area contributed by atoms with E-state index in [2.05, 4.69) is 5.10 Å². The van der Waals surface area contributed by atoms with E-state index < -0.39 is 6.67 Å². The van der Waals surface area contributed by atoms with Gasteiger partial charge >= 0.3 is 0 Å². The number of benzene rings is 1. The molecular weight excluding hydrogens is 179 g/mol. The fourth-order valence-corrected chi connectivity index (χ4v) is 1.55. The minimum absolute atomic E-state index is 0.474. The van der Waals surface area contributed by atoms with Crippen LogP contribution in [0.3, 0.4) is 0 Å². The van der Waals surface area contributed by atoms with Crippen LogP contribution in [-0.2, 0) is 13.7 Å². The lowest BCUT2D eigenvalue weighted by Crippen LogP contribution is -1.94. The maximum atomic E-state index is 12.6. The summed E-state index contributed by atoms with van der Waals surface area (Å²) in [6, 6.07) is 9.72. The van der Waals surface area contributed by atoms with Gasteiger partial charge < -0.3 is 0 Å². The number of aryl methyl sites for hydroxylation is 1. The van der Waals surface area contributed by atoms with Crippen molar-refractivity contribution in [1.29, 1.82) is 0 Å². The van der Waals surface area contributed by atoms with E-state index in [4.69, 9.17) is 0 Å². The topological polar surface area (TPSA) is 17.8 Å². The predicted molar refractivity (Wildman–Crippen MR) is 53.5 cm³/mol. The summed E-state index contributed by atoms with van der Waals surface area (Å²) >= 11 is 0. The molecule has 0 spiro atoms. The van der Waals surface area contributed by atoms with Crippen LogP contribution in [0.15, 0.2) is 36.5 Å². The maximum Gasteiger partial charge on any atom is 0.118 e. The molecule has 14 heavy (non-hydrogen) atoms. The summed E-state index contributed by atoms with van der Waals surface area (Å²) in [4.78, 5) is 0. The van der Waals surface area contributed by atoms with E-state index in [0.29, 0.717) is 5.56 Å². The molecule has 0 aliphatic rings. The third kappa shape index (κ3) is 1.41. The van der Waals surface area contributed by atoms with Crippen LogP contribution >= 0.6 is 0 Å². The fraction of sp³-hybridized carbons (Fsp3) is 0.182. The molecule has 72 valence electrons. The first-order valence-corrected chi connectivity index (χ1v) is 4.45. The van der Waals surface area contributed by atoms with Crippen molar-refractivity contribution in [2.45, 2.75) is 6.67 Å². The van der Waals surface area contributed by atoms with Crippen LogP contribution in [0.2, 0.25) is 0 Å². The molecule has 0 radical (unpaired) electrons. The molecule has 0 fully saturated rings. The van der Waals surface area contributed by atoms with Gasteiger partial charge in [0.25, 0.3) is 0 Å². The van der Waals surface area contributed by atoms with Crippen LogP contribution in [0.1, 0.15) is 5.56 Å². The number of rotatable bonds is 2. The molecule has 0 atom stereocenters. The molecule has 0 bridgehead atoms. The van der Waals surface area contributed by atoms with Gasteiger partial charge in [0.1, 0.15) is 6.67 Å². The highest BCUT2D eigenvalue weighted by molar-refractivity contribution is 5.62. The average Bonchev–Trinajstić information content (AvgIpc) is 2.61. The van der Waals surface area contributed by atoms with Crippen LogP contribution in [0.25, 0.3) is 11.3 Å². The summed E-state index contributed by atoms with van der Waals surface area (Å²) < 4.78 is 14.3. The van der Waals surface area contributed by atoms with Gasteiger partial charge in [0, 0.05) is 18.2 Å². The highest BCUT2D eigenvalue weighted by Crippen LogP contribution is 2.23. The molecule has 0 unspecified atom stereocenters. The van der Waals surface area contributed by atoms with Gasteiger partial charge in [-0.25, -0.2) is 4.39 Å². The van der Waals surface area contributed by atoms with E-state index >= 15 is 0 Å². The minimum atomic E-state index is -0.474. The van der Waals surface area contributed by atoms with Crippen molar-refractivity contribution in [2.75, 3.05) is 0 Å². The van der Waals surface area contributed by atoms with Gasteiger partial charge in [0.15, 0.2) is 0 Å². The van der Waals surface area contributed by atoms with Crippen molar-refractivity contribution in [1.82, 2.24) is 9.78 Å². The van der Waals surface area contributed by atoms with Crippen molar-refractivity contribution in [3.63, 3.8) is 0 Å². The van der Waals surface area contributed by atoms with Gasteiger partial charge in [-0.05, 0) is 0 Å². The lowest BCUT2D eigenvalue weighted by molar-refractivity contribution is 0.486. The van der Waals surface area contributed by atoms with Crippen LogP contribution < -0.4 is 0 Å². The van der Waals surface area contributed by atoms with E-state index in [9.17, 15) is 4.39 Å². The molecule has 2 aromatic rings. The summed E-state index contributed by atoms with van der Waals surface area (Å²) in [6.45, 7) is -0.474. The Bertz CT molecular complexity index is 420. The number of alkyl halides is 1. The van der Waals surface area contributed by atoms with Crippen LogP contribution in [0.5, 0.6) is 0 Å². The van der Waals surface area contributed by atoms with Crippen molar-refractivity contribution >= 4 is 0 Å². The number of halogens is 1. The number of aromatic nitrogens is 2. The number of nitrogens with zero attached hydrogens (tertiary/aromatic N) is 2. The van der Waals surface area contributed by atoms with Crippen molar-refractivity contribution < 1.29 is 4.39 Å². The Morgan fingerprint density at radius 1 is 1.29 bits per heavy atom. The monoisotopic (exact) mass is 190 g/mol. The SMILES string of the molecule is Cn1ncc(CF)c1-c1ccccc1. The number of hydrogen-bond donors (Lipinski definition) is 0. The zero-order valence-electron chi connectivity index (χ0n) is 7.94.